The number of nitrogens with two attached hydrogens (primary N) is 1. The highest BCUT2D eigenvalue weighted by Crippen LogP contribution is 2.41. The first-order chi connectivity index (χ1) is 12.5. The molecule has 0 aliphatic carbocycles. The minimum Gasteiger partial charge on any atom is -0.497 e. The van der Waals surface area contributed by atoms with E-state index in [0.29, 0.717) is 12.3 Å². The highest BCUT2D eigenvalue weighted by Gasteiger charge is 2.32. The van der Waals surface area contributed by atoms with Crippen molar-refractivity contribution in [3.63, 3.8) is 0 Å². The van der Waals surface area contributed by atoms with Gasteiger partial charge in [0.05, 0.1) is 7.11 Å². The molecule has 1 aliphatic heterocycles. The van der Waals surface area contributed by atoms with Gasteiger partial charge < -0.3 is 24.6 Å². The lowest BCUT2D eigenvalue weighted by atomic mass is 10.0. The van der Waals surface area contributed by atoms with Crippen LogP contribution in [0.1, 0.15) is 25.0 Å². The van der Waals surface area contributed by atoms with E-state index >= 15 is 0 Å². The van der Waals surface area contributed by atoms with Crippen molar-refractivity contribution in [2.75, 3.05) is 20.3 Å². The van der Waals surface area contributed by atoms with Crippen molar-refractivity contribution in [2.45, 2.75) is 38.5 Å². The third-order valence-electron chi connectivity index (χ3n) is 4.46. The molecule has 1 atom stereocenters. The lowest BCUT2D eigenvalue weighted by molar-refractivity contribution is -0.676. The van der Waals surface area contributed by atoms with Crippen molar-refractivity contribution in [3.8, 4) is 17.2 Å². The summed E-state index contributed by atoms with van der Waals surface area (Å²) < 4.78 is 17.0. The summed E-state index contributed by atoms with van der Waals surface area (Å²) in [6.45, 7) is 5.77. The lowest BCUT2D eigenvalue weighted by Crippen LogP contribution is -2.85. The number of hydrogen-bond acceptors (Lipinski definition) is 4. The Hall–Kier alpha value is -2.24. The summed E-state index contributed by atoms with van der Waals surface area (Å²) in [5.41, 5.74) is 2.15. The van der Waals surface area contributed by atoms with Gasteiger partial charge in [-0.25, -0.2) is 0 Å². The van der Waals surface area contributed by atoms with Crippen molar-refractivity contribution < 1.29 is 24.6 Å². The predicted octanol–water partition coefficient (Wildman–Crippen LogP) is 1.91. The molecular weight excluding hydrogens is 330 g/mol. The van der Waals surface area contributed by atoms with Crippen LogP contribution in [-0.4, -0.2) is 37.1 Å². The fourth-order valence-electron chi connectivity index (χ4n) is 3.16. The summed E-state index contributed by atoms with van der Waals surface area (Å²) >= 11 is 0. The minimum atomic E-state index is -0.543. The molecule has 26 heavy (non-hydrogen) atoms. The molecule has 0 radical (unpaired) electrons. The van der Waals surface area contributed by atoms with Crippen LogP contribution in [0.15, 0.2) is 42.5 Å². The number of benzene rings is 2. The van der Waals surface area contributed by atoms with Gasteiger partial charge in [-0.1, -0.05) is 12.1 Å². The first-order valence-corrected chi connectivity index (χ1v) is 9.03. The molecule has 1 aliphatic rings. The van der Waals surface area contributed by atoms with Crippen LogP contribution in [0.5, 0.6) is 17.2 Å². The monoisotopic (exact) mass is 358 g/mol. The third kappa shape index (κ3) is 4.68. The average molecular weight is 358 g/mol. The van der Waals surface area contributed by atoms with Gasteiger partial charge in [0.1, 0.15) is 37.2 Å². The standard InChI is InChI=1S/C21H27NO4/c1-21(2)11-16-5-4-6-19(20(16)26-21)25-14-17(23)13-22-12-15-7-9-18(24-3)10-8-15/h4-10,17,22-23H,11-14H2,1-3H3/p+1/t17-/m0/s1. The van der Waals surface area contributed by atoms with Gasteiger partial charge in [0.25, 0.3) is 0 Å². The Morgan fingerprint density at radius 2 is 1.96 bits per heavy atom. The van der Waals surface area contributed by atoms with Gasteiger partial charge in [0, 0.05) is 17.5 Å². The first-order valence-electron chi connectivity index (χ1n) is 9.03. The van der Waals surface area contributed by atoms with Crippen LogP contribution in [0.2, 0.25) is 0 Å². The minimum absolute atomic E-state index is 0.202. The van der Waals surface area contributed by atoms with Crippen LogP contribution in [0.25, 0.3) is 0 Å². The molecule has 2 aromatic rings. The number of rotatable bonds is 8. The summed E-state index contributed by atoms with van der Waals surface area (Å²) in [6, 6.07) is 13.9. The quantitative estimate of drug-likeness (QED) is 0.757. The molecule has 2 aromatic carbocycles. The topological polar surface area (TPSA) is 64.5 Å². The van der Waals surface area contributed by atoms with Gasteiger partial charge >= 0.3 is 0 Å². The molecule has 0 unspecified atom stereocenters. The zero-order valence-corrected chi connectivity index (χ0v) is 15.7. The van der Waals surface area contributed by atoms with E-state index in [0.717, 1.165) is 30.0 Å². The van der Waals surface area contributed by atoms with Crippen LogP contribution in [-0.2, 0) is 13.0 Å². The molecule has 0 aromatic heterocycles. The van der Waals surface area contributed by atoms with Crippen LogP contribution in [0, 0.1) is 0 Å². The van der Waals surface area contributed by atoms with Crippen LogP contribution >= 0.6 is 0 Å². The molecule has 5 nitrogen and oxygen atoms in total. The van der Waals surface area contributed by atoms with E-state index in [-0.39, 0.29) is 12.2 Å². The van der Waals surface area contributed by atoms with E-state index in [1.165, 1.54) is 5.56 Å². The Morgan fingerprint density at radius 3 is 2.69 bits per heavy atom. The van der Waals surface area contributed by atoms with E-state index in [4.69, 9.17) is 14.2 Å². The number of aliphatic hydroxyl groups excluding tert-OH is 1. The van der Waals surface area contributed by atoms with Gasteiger partial charge in [-0.15, -0.1) is 0 Å². The van der Waals surface area contributed by atoms with Crippen molar-refractivity contribution in [1.29, 1.82) is 0 Å². The van der Waals surface area contributed by atoms with Gasteiger partial charge in [-0.05, 0) is 44.2 Å². The molecule has 140 valence electrons. The fourth-order valence-corrected chi connectivity index (χ4v) is 3.16. The second kappa shape index (κ2) is 7.98. The smallest absolute Gasteiger partial charge is 0.165 e. The third-order valence-corrected chi connectivity index (χ3v) is 4.46. The second-order valence-electron chi connectivity index (χ2n) is 7.32. The number of hydrogen-bond donors (Lipinski definition) is 2. The Balaban J connectivity index is 1.45. The zero-order chi connectivity index (χ0) is 18.6. The first kappa shape index (κ1) is 18.5. The Morgan fingerprint density at radius 1 is 1.19 bits per heavy atom. The molecule has 0 spiro atoms. The number of quaternary nitrogens is 1. The highest BCUT2D eigenvalue weighted by molar-refractivity contribution is 5.50. The molecule has 5 heteroatoms. The SMILES string of the molecule is COc1ccc(C[NH2+]C[C@H](O)COc2cccc3c2OC(C)(C)C3)cc1. The molecular formula is C21H28NO4+. The highest BCUT2D eigenvalue weighted by atomic mass is 16.5. The normalized spacial score (nSPS) is 15.8. The van der Waals surface area contributed by atoms with Gasteiger partial charge in [-0.2, -0.15) is 0 Å². The Bertz CT molecular complexity index is 727. The average Bonchev–Trinajstić information content (AvgIpc) is 2.95. The summed E-state index contributed by atoms with van der Waals surface area (Å²) in [5.74, 6) is 2.37. The molecule has 0 bridgehead atoms. The molecule has 0 fully saturated rings. The molecule has 0 saturated heterocycles. The Kier molecular flexibility index (Phi) is 5.69. The fraction of sp³-hybridized carbons (Fsp3) is 0.429. The molecule has 3 rings (SSSR count). The maximum Gasteiger partial charge on any atom is 0.165 e. The molecule has 3 N–H and O–H groups in total. The largest absolute Gasteiger partial charge is 0.497 e. The molecule has 0 amide bonds. The van der Waals surface area contributed by atoms with Crippen LogP contribution < -0.4 is 19.5 Å². The summed E-state index contributed by atoms with van der Waals surface area (Å²) in [7, 11) is 1.66. The number of methoxy groups -OCH3 is 1. The van der Waals surface area contributed by atoms with Crippen LogP contribution in [0.4, 0.5) is 0 Å². The van der Waals surface area contributed by atoms with Gasteiger partial charge in [0.15, 0.2) is 11.5 Å². The van der Waals surface area contributed by atoms with Crippen molar-refractivity contribution in [2.24, 2.45) is 0 Å². The Labute approximate surface area is 154 Å². The van der Waals surface area contributed by atoms with E-state index in [9.17, 15) is 5.11 Å². The summed E-state index contributed by atoms with van der Waals surface area (Å²) in [5, 5.41) is 12.3. The van der Waals surface area contributed by atoms with E-state index < -0.39 is 6.10 Å². The van der Waals surface area contributed by atoms with Gasteiger partial charge in [-0.3, -0.25) is 0 Å². The second-order valence-corrected chi connectivity index (χ2v) is 7.32. The van der Waals surface area contributed by atoms with E-state index in [2.05, 4.69) is 25.2 Å². The summed E-state index contributed by atoms with van der Waals surface area (Å²) in [4.78, 5) is 0. The summed E-state index contributed by atoms with van der Waals surface area (Å²) in [6.07, 6.45) is 0.330. The number of fused-ring (bicyclic) bond motifs is 1. The van der Waals surface area contributed by atoms with Crippen LogP contribution in [0.3, 0.4) is 0 Å². The molecule has 1 heterocycles. The lowest BCUT2D eigenvalue weighted by Gasteiger charge is -2.18. The van der Waals surface area contributed by atoms with E-state index in [1.54, 1.807) is 7.11 Å². The zero-order valence-electron chi connectivity index (χ0n) is 15.7. The van der Waals surface area contributed by atoms with Gasteiger partial charge in [0.2, 0.25) is 0 Å². The maximum atomic E-state index is 10.2. The maximum absolute atomic E-state index is 10.2. The number of para-hydroxylation sites is 1. The number of aliphatic hydroxyl groups is 1. The number of ether oxygens (including phenoxy) is 3. The van der Waals surface area contributed by atoms with E-state index in [1.807, 2.05) is 36.4 Å². The van der Waals surface area contributed by atoms with Crippen molar-refractivity contribution in [1.82, 2.24) is 0 Å². The molecule has 0 saturated carbocycles. The van der Waals surface area contributed by atoms with Crippen molar-refractivity contribution >= 4 is 0 Å². The van der Waals surface area contributed by atoms with Crippen molar-refractivity contribution in [3.05, 3.63) is 53.6 Å². The predicted molar refractivity (Wildman–Crippen MR) is 99.8 cm³/mol.